The van der Waals surface area contributed by atoms with Gasteiger partial charge in [-0.05, 0) is 96.6 Å². The number of fused-ring (bicyclic) bond motifs is 2. The van der Waals surface area contributed by atoms with Crippen LogP contribution in [-0.2, 0) is 25.7 Å². The molecule has 4 aromatic rings. The molecule has 0 saturated heterocycles. The lowest BCUT2D eigenvalue weighted by Gasteiger charge is -2.35. The third-order valence-corrected chi connectivity index (χ3v) is 8.94. The van der Waals surface area contributed by atoms with Crippen LogP contribution >= 0.6 is 0 Å². The van der Waals surface area contributed by atoms with Gasteiger partial charge in [-0.3, -0.25) is 9.89 Å². The van der Waals surface area contributed by atoms with Crippen molar-refractivity contribution in [2.45, 2.75) is 31.7 Å². The molecule has 4 heterocycles. The molecule has 4 aliphatic rings. The average molecular weight is 593 g/mol. The molecule has 1 N–H and O–H groups in total. The minimum atomic E-state index is -0.0676. The molecule has 0 aromatic heterocycles. The van der Waals surface area contributed by atoms with Crippen molar-refractivity contribution < 1.29 is 28.8 Å². The van der Waals surface area contributed by atoms with Gasteiger partial charge in [-0.15, -0.1) is 0 Å². The first-order valence-corrected chi connectivity index (χ1v) is 14.9. The van der Waals surface area contributed by atoms with E-state index in [0.29, 0.717) is 53.9 Å². The molecule has 4 aliphatic heterocycles. The molecule has 6 bridgehead atoms. The Morgan fingerprint density at radius 1 is 0.795 bits per heavy atom. The van der Waals surface area contributed by atoms with E-state index in [2.05, 4.69) is 36.2 Å². The van der Waals surface area contributed by atoms with Crippen LogP contribution in [0.25, 0.3) is 0 Å². The summed E-state index contributed by atoms with van der Waals surface area (Å²) in [6.45, 7) is 1.56. The Bertz CT molecular complexity index is 1760. The van der Waals surface area contributed by atoms with E-state index in [1.54, 1.807) is 21.3 Å². The second kappa shape index (κ2) is 11.4. The van der Waals surface area contributed by atoms with Crippen LogP contribution in [-0.4, -0.2) is 57.2 Å². The van der Waals surface area contributed by atoms with Gasteiger partial charge in [0.05, 0.1) is 27.0 Å². The van der Waals surface area contributed by atoms with Gasteiger partial charge in [-0.25, -0.2) is 0 Å². The molecule has 0 amide bonds. The lowest BCUT2D eigenvalue weighted by Crippen LogP contribution is -2.33. The lowest BCUT2D eigenvalue weighted by atomic mass is 9.88. The molecular weight excluding hydrogens is 556 g/mol. The maximum absolute atomic E-state index is 11.5. The van der Waals surface area contributed by atoms with Crippen LogP contribution in [0.1, 0.15) is 39.4 Å². The van der Waals surface area contributed by atoms with E-state index in [0.717, 1.165) is 47.5 Å². The molecule has 8 heteroatoms. The monoisotopic (exact) mass is 592 g/mol. The van der Waals surface area contributed by atoms with Gasteiger partial charge in [0.15, 0.2) is 34.5 Å². The Labute approximate surface area is 257 Å². The minimum absolute atomic E-state index is 0.0676. The summed E-state index contributed by atoms with van der Waals surface area (Å²) in [7, 11) is 7.01. The van der Waals surface area contributed by atoms with Crippen LogP contribution in [0.2, 0.25) is 0 Å². The highest BCUT2D eigenvalue weighted by atomic mass is 16.5. The predicted octanol–water partition coefficient (Wildman–Crippen LogP) is 6.68. The number of aromatic hydroxyl groups is 1. The van der Waals surface area contributed by atoms with Crippen molar-refractivity contribution in [2.75, 3.05) is 41.5 Å². The van der Waals surface area contributed by atoms with Crippen molar-refractivity contribution in [1.82, 2.24) is 4.90 Å². The molecule has 0 aliphatic carbocycles. The summed E-state index contributed by atoms with van der Waals surface area (Å²) < 4.78 is 30.2. The summed E-state index contributed by atoms with van der Waals surface area (Å²) in [5.41, 5.74) is 7.20. The van der Waals surface area contributed by atoms with Gasteiger partial charge in [-0.1, -0.05) is 18.2 Å². The summed E-state index contributed by atoms with van der Waals surface area (Å²) in [5.74, 6) is 3.78. The van der Waals surface area contributed by atoms with Crippen molar-refractivity contribution in [3.8, 4) is 46.0 Å². The highest BCUT2D eigenvalue weighted by Gasteiger charge is 2.30. The Balaban J connectivity index is 1.45. The van der Waals surface area contributed by atoms with Crippen LogP contribution in [0, 0.1) is 0 Å². The average Bonchev–Trinajstić information content (AvgIpc) is 3.04. The van der Waals surface area contributed by atoms with Crippen molar-refractivity contribution in [3.05, 3.63) is 94.0 Å². The summed E-state index contributed by atoms with van der Waals surface area (Å²) in [5, 5.41) is 11.5. The van der Waals surface area contributed by atoms with E-state index >= 15 is 0 Å². The number of phenols is 1. The van der Waals surface area contributed by atoms with E-state index in [4.69, 9.17) is 28.7 Å². The number of methoxy groups -OCH3 is 3. The Morgan fingerprint density at radius 2 is 1.52 bits per heavy atom. The number of benzene rings is 4. The van der Waals surface area contributed by atoms with Crippen LogP contribution in [0.4, 0.5) is 0 Å². The number of likely N-dealkylation sites (N-methyl/N-ethyl adjacent to an activating group) is 1. The Kier molecular flexibility index (Phi) is 7.30. The Morgan fingerprint density at radius 3 is 2.30 bits per heavy atom. The number of hydrogen-bond acceptors (Lipinski definition) is 8. The van der Waals surface area contributed by atoms with Crippen LogP contribution in [0.5, 0.6) is 46.0 Å². The fourth-order valence-corrected chi connectivity index (χ4v) is 6.58. The highest BCUT2D eigenvalue weighted by molar-refractivity contribution is 6.07. The minimum Gasteiger partial charge on any atom is -0.502 e. The van der Waals surface area contributed by atoms with Crippen molar-refractivity contribution >= 4 is 5.71 Å². The van der Waals surface area contributed by atoms with Gasteiger partial charge in [0.25, 0.3) is 0 Å². The molecular formula is C36H36N2O6. The molecule has 1 atom stereocenters. The number of hydrogen-bond donors (Lipinski definition) is 1. The Hall–Kier alpha value is -4.69. The molecule has 0 radical (unpaired) electrons. The zero-order chi connectivity index (χ0) is 30.4. The molecule has 8 nitrogen and oxygen atoms in total. The van der Waals surface area contributed by atoms with Crippen molar-refractivity contribution in [1.29, 1.82) is 0 Å². The second-order valence-electron chi connectivity index (χ2n) is 11.5. The van der Waals surface area contributed by atoms with Gasteiger partial charge in [0, 0.05) is 31.1 Å². The zero-order valence-corrected chi connectivity index (χ0v) is 25.5. The van der Waals surface area contributed by atoms with Crippen LogP contribution in [0.3, 0.4) is 0 Å². The third-order valence-electron chi connectivity index (χ3n) is 8.94. The number of rotatable bonds is 3. The molecule has 44 heavy (non-hydrogen) atoms. The van der Waals surface area contributed by atoms with Crippen LogP contribution in [0.15, 0.2) is 65.7 Å². The number of phenolic OH excluding ortho intramolecular Hbond substituents is 1. The van der Waals surface area contributed by atoms with Gasteiger partial charge in [0.2, 0.25) is 5.75 Å². The normalized spacial score (nSPS) is 17.3. The van der Waals surface area contributed by atoms with Gasteiger partial charge >= 0.3 is 0 Å². The van der Waals surface area contributed by atoms with E-state index < -0.39 is 0 Å². The van der Waals surface area contributed by atoms with Gasteiger partial charge in [0.1, 0.15) is 5.75 Å². The first-order valence-electron chi connectivity index (χ1n) is 14.9. The van der Waals surface area contributed by atoms with Crippen LogP contribution < -0.4 is 23.7 Å². The predicted molar refractivity (Wildman–Crippen MR) is 169 cm³/mol. The van der Waals surface area contributed by atoms with Crippen molar-refractivity contribution in [3.63, 3.8) is 0 Å². The van der Waals surface area contributed by atoms with Gasteiger partial charge in [-0.2, -0.15) is 0 Å². The quantitative estimate of drug-likeness (QED) is 0.284. The highest BCUT2D eigenvalue weighted by Crippen LogP contribution is 2.48. The van der Waals surface area contributed by atoms with Gasteiger partial charge < -0.3 is 28.8 Å². The van der Waals surface area contributed by atoms with E-state index in [-0.39, 0.29) is 11.8 Å². The summed E-state index contributed by atoms with van der Waals surface area (Å²) in [6, 6.07) is 20.4. The van der Waals surface area contributed by atoms with E-state index in [9.17, 15) is 5.11 Å². The van der Waals surface area contributed by atoms with E-state index in [1.807, 2.05) is 36.4 Å². The first kappa shape index (κ1) is 28.1. The molecule has 0 unspecified atom stereocenters. The first-order chi connectivity index (χ1) is 21.4. The zero-order valence-electron chi connectivity index (χ0n) is 25.5. The topological polar surface area (TPSA) is 82.0 Å². The SMILES string of the molecule is COc1ccc2cc1Oc1ccc(cc1)C[C@@H]1c3cc(c(OC)cc3CCN1C)Oc1c(O)c(OC)cc3c1C(=NCC3)C2. The fraction of sp³-hybridized carbons (Fsp3) is 0.306. The summed E-state index contributed by atoms with van der Waals surface area (Å²) >= 11 is 0. The number of ether oxygens (including phenoxy) is 5. The number of aliphatic imine (C=N–C) groups is 1. The molecule has 8 rings (SSSR count). The maximum Gasteiger partial charge on any atom is 0.202 e. The fourth-order valence-electron chi connectivity index (χ4n) is 6.58. The molecule has 0 saturated carbocycles. The third kappa shape index (κ3) is 4.99. The largest absolute Gasteiger partial charge is 0.502 e. The molecule has 4 aromatic carbocycles. The molecule has 226 valence electrons. The van der Waals surface area contributed by atoms with Crippen molar-refractivity contribution in [2.24, 2.45) is 4.99 Å². The lowest BCUT2D eigenvalue weighted by molar-refractivity contribution is 0.228. The molecule has 0 fully saturated rings. The second-order valence-corrected chi connectivity index (χ2v) is 11.5. The van der Waals surface area contributed by atoms with E-state index in [1.165, 1.54) is 16.7 Å². The number of nitrogens with zero attached hydrogens (tertiary/aromatic N) is 2. The summed E-state index contributed by atoms with van der Waals surface area (Å²) in [6.07, 6.45) is 2.92. The molecule has 0 spiro atoms. The standard InChI is InChI=1S/C36H36N2O6/c1-38-14-12-23-18-30(41-3)32-20-26(23)28(38)16-21-5-8-25(9-6-21)43-31-17-22(7-10-29(31)40-2)15-27-34-24(11-13-37-27)19-33(42-4)35(39)36(34)44-32/h5-10,17-20,28,39H,11-16H2,1-4H3/t28-/m1/s1. The smallest absolute Gasteiger partial charge is 0.202 e. The summed E-state index contributed by atoms with van der Waals surface area (Å²) in [4.78, 5) is 7.32. The maximum atomic E-state index is 11.5.